The van der Waals surface area contributed by atoms with E-state index in [0.717, 1.165) is 0 Å². The first-order chi connectivity index (χ1) is 10.8. The van der Waals surface area contributed by atoms with E-state index >= 15 is 0 Å². The Morgan fingerprint density at radius 3 is 2.57 bits per heavy atom. The number of urea groups is 1. The van der Waals surface area contributed by atoms with Crippen molar-refractivity contribution >= 4 is 33.3 Å². The van der Waals surface area contributed by atoms with Gasteiger partial charge in [0.2, 0.25) is 10.0 Å². The monoisotopic (exact) mass is 361 g/mol. The fraction of sp³-hybridized carbons (Fsp3) is 0.500. The molecule has 2 amide bonds. The summed E-state index contributed by atoms with van der Waals surface area (Å²) in [5.41, 5.74) is 0.249. The zero-order valence-corrected chi connectivity index (χ0v) is 14.6. The minimum absolute atomic E-state index is 0.0472. The number of anilines is 1. The number of hydrogen-bond acceptors (Lipinski definition) is 4. The maximum Gasteiger partial charge on any atom is 0.319 e. The number of carbonyl (C=O) groups is 1. The summed E-state index contributed by atoms with van der Waals surface area (Å²) in [6.45, 7) is 4.99. The second-order valence-electron chi connectivity index (χ2n) is 5.41. The Labute approximate surface area is 141 Å². The molecule has 0 aliphatic carbocycles. The number of nitrogens with one attached hydrogen (secondary N) is 2. The molecule has 2 N–H and O–H groups in total. The van der Waals surface area contributed by atoms with Crippen molar-refractivity contribution in [2.24, 2.45) is 0 Å². The third-order valence-electron chi connectivity index (χ3n) is 3.21. The molecule has 1 aromatic rings. The lowest BCUT2D eigenvalue weighted by molar-refractivity contribution is 0.0730. The van der Waals surface area contributed by atoms with Crippen LogP contribution >= 0.6 is 11.6 Å². The van der Waals surface area contributed by atoms with E-state index in [4.69, 9.17) is 16.3 Å². The highest BCUT2D eigenvalue weighted by molar-refractivity contribution is 7.89. The van der Waals surface area contributed by atoms with Gasteiger partial charge in [0.05, 0.1) is 28.8 Å². The van der Waals surface area contributed by atoms with E-state index in [-0.39, 0.29) is 21.6 Å². The van der Waals surface area contributed by atoms with Crippen LogP contribution in [0.1, 0.15) is 13.8 Å². The lowest BCUT2D eigenvalue weighted by Gasteiger charge is -2.26. The van der Waals surface area contributed by atoms with Gasteiger partial charge in [-0.1, -0.05) is 11.6 Å². The van der Waals surface area contributed by atoms with Crippen LogP contribution in [0.5, 0.6) is 0 Å². The summed E-state index contributed by atoms with van der Waals surface area (Å²) in [7, 11) is -3.64. The van der Waals surface area contributed by atoms with Crippen LogP contribution in [0.3, 0.4) is 0 Å². The zero-order chi connectivity index (χ0) is 17.0. The average Bonchev–Trinajstić information content (AvgIpc) is 2.49. The Kier molecular flexibility index (Phi) is 5.85. The molecular weight excluding hydrogens is 342 g/mol. The highest BCUT2D eigenvalue weighted by atomic mass is 35.5. The molecule has 0 saturated carbocycles. The van der Waals surface area contributed by atoms with Crippen molar-refractivity contribution in [3.05, 3.63) is 23.2 Å². The van der Waals surface area contributed by atoms with E-state index in [0.29, 0.717) is 26.3 Å². The number of rotatable bonds is 4. The number of morpholine rings is 1. The van der Waals surface area contributed by atoms with Gasteiger partial charge in [0.25, 0.3) is 0 Å². The molecule has 1 aliphatic rings. The molecule has 128 valence electrons. The third kappa shape index (κ3) is 4.57. The predicted molar refractivity (Wildman–Crippen MR) is 88.3 cm³/mol. The molecule has 1 aromatic carbocycles. The summed E-state index contributed by atoms with van der Waals surface area (Å²) >= 11 is 6.04. The van der Waals surface area contributed by atoms with Gasteiger partial charge in [-0.2, -0.15) is 4.31 Å². The Bertz CT molecular complexity index is 673. The number of benzene rings is 1. The topological polar surface area (TPSA) is 87.7 Å². The van der Waals surface area contributed by atoms with Gasteiger partial charge in [-0.15, -0.1) is 0 Å². The first-order valence-electron chi connectivity index (χ1n) is 7.25. The highest BCUT2D eigenvalue weighted by Crippen LogP contribution is 2.27. The van der Waals surface area contributed by atoms with Crippen molar-refractivity contribution in [1.29, 1.82) is 0 Å². The van der Waals surface area contributed by atoms with Gasteiger partial charge < -0.3 is 15.4 Å². The first-order valence-corrected chi connectivity index (χ1v) is 9.07. The molecule has 1 saturated heterocycles. The normalized spacial score (nSPS) is 16.3. The predicted octanol–water partition coefficient (Wildman–Crippen LogP) is 1.89. The Balaban J connectivity index is 2.23. The SMILES string of the molecule is CC(C)NC(=O)Nc1cc(S(=O)(=O)N2CCOCC2)ccc1Cl. The van der Waals surface area contributed by atoms with Crippen molar-refractivity contribution in [3.63, 3.8) is 0 Å². The lowest BCUT2D eigenvalue weighted by Crippen LogP contribution is -2.40. The second kappa shape index (κ2) is 7.48. The van der Waals surface area contributed by atoms with Gasteiger partial charge in [-0.05, 0) is 32.0 Å². The van der Waals surface area contributed by atoms with Crippen molar-refractivity contribution in [2.45, 2.75) is 24.8 Å². The Morgan fingerprint density at radius 1 is 1.30 bits per heavy atom. The van der Waals surface area contributed by atoms with Crippen molar-refractivity contribution < 1.29 is 17.9 Å². The van der Waals surface area contributed by atoms with Crippen LogP contribution in [0, 0.1) is 0 Å². The molecule has 1 heterocycles. The van der Waals surface area contributed by atoms with Crippen LogP contribution in [0.15, 0.2) is 23.1 Å². The van der Waals surface area contributed by atoms with Crippen LogP contribution < -0.4 is 10.6 Å². The quantitative estimate of drug-likeness (QED) is 0.857. The Morgan fingerprint density at radius 2 is 1.96 bits per heavy atom. The van der Waals surface area contributed by atoms with E-state index in [1.54, 1.807) is 0 Å². The first kappa shape index (κ1) is 18.0. The van der Waals surface area contributed by atoms with Crippen LogP contribution in [-0.4, -0.2) is 51.1 Å². The number of carbonyl (C=O) groups excluding carboxylic acids is 1. The van der Waals surface area contributed by atoms with E-state index in [2.05, 4.69) is 10.6 Å². The maximum atomic E-state index is 12.6. The Hall–Kier alpha value is -1.35. The summed E-state index contributed by atoms with van der Waals surface area (Å²) in [5.74, 6) is 0. The summed E-state index contributed by atoms with van der Waals surface area (Å²) in [6.07, 6.45) is 0. The smallest absolute Gasteiger partial charge is 0.319 e. The van der Waals surface area contributed by atoms with E-state index in [1.807, 2.05) is 13.8 Å². The van der Waals surface area contributed by atoms with Gasteiger partial charge in [0.1, 0.15) is 0 Å². The van der Waals surface area contributed by atoms with Crippen molar-refractivity contribution in [1.82, 2.24) is 9.62 Å². The lowest BCUT2D eigenvalue weighted by atomic mass is 10.3. The van der Waals surface area contributed by atoms with Gasteiger partial charge in [0.15, 0.2) is 0 Å². The summed E-state index contributed by atoms with van der Waals surface area (Å²) in [5, 5.41) is 5.49. The molecule has 23 heavy (non-hydrogen) atoms. The van der Waals surface area contributed by atoms with Gasteiger partial charge >= 0.3 is 6.03 Å². The standard InChI is InChI=1S/C14H20ClN3O4S/c1-10(2)16-14(19)17-13-9-11(3-4-12(13)15)23(20,21)18-5-7-22-8-6-18/h3-4,9-10H,5-8H2,1-2H3,(H2,16,17,19). The van der Waals surface area contributed by atoms with Gasteiger partial charge in [0, 0.05) is 19.1 Å². The minimum Gasteiger partial charge on any atom is -0.379 e. The number of hydrogen-bond donors (Lipinski definition) is 2. The molecule has 1 fully saturated rings. The number of nitrogens with zero attached hydrogens (tertiary/aromatic N) is 1. The fourth-order valence-corrected chi connectivity index (χ4v) is 3.72. The van der Waals surface area contributed by atoms with Crippen LogP contribution in [0.2, 0.25) is 5.02 Å². The summed E-state index contributed by atoms with van der Waals surface area (Å²) < 4.78 is 31.8. The number of halogens is 1. The highest BCUT2D eigenvalue weighted by Gasteiger charge is 2.27. The van der Waals surface area contributed by atoms with E-state index in [1.165, 1.54) is 22.5 Å². The van der Waals surface area contributed by atoms with Crippen LogP contribution in [0.4, 0.5) is 10.5 Å². The van der Waals surface area contributed by atoms with Gasteiger partial charge in [-0.3, -0.25) is 0 Å². The maximum absolute atomic E-state index is 12.6. The zero-order valence-electron chi connectivity index (χ0n) is 13.0. The molecule has 0 bridgehead atoms. The van der Waals surface area contributed by atoms with Crippen LogP contribution in [0.25, 0.3) is 0 Å². The average molecular weight is 362 g/mol. The fourth-order valence-electron chi connectivity index (χ4n) is 2.12. The van der Waals surface area contributed by atoms with E-state index in [9.17, 15) is 13.2 Å². The second-order valence-corrected chi connectivity index (χ2v) is 7.76. The molecule has 0 unspecified atom stereocenters. The molecule has 2 rings (SSSR count). The minimum atomic E-state index is -3.64. The molecule has 0 atom stereocenters. The van der Waals surface area contributed by atoms with Gasteiger partial charge in [-0.25, -0.2) is 13.2 Å². The van der Waals surface area contributed by atoms with E-state index < -0.39 is 16.1 Å². The third-order valence-corrected chi connectivity index (χ3v) is 5.44. The molecular formula is C14H20ClN3O4S. The molecule has 7 nitrogen and oxygen atoms in total. The number of amides is 2. The number of sulfonamides is 1. The molecule has 9 heteroatoms. The summed E-state index contributed by atoms with van der Waals surface area (Å²) in [6, 6.07) is 3.77. The van der Waals surface area contributed by atoms with Crippen LogP contribution in [-0.2, 0) is 14.8 Å². The molecule has 0 spiro atoms. The molecule has 0 aromatic heterocycles. The molecule has 1 aliphatic heterocycles. The largest absolute Gasteiger partial charge is 0.379 e. The van der Waals surface area contributed by atoms with Crippen molar-refractivity contribution in [3.8, 4) is 0 Å². The number of ether oxygens (including phenoxy) is 1. The molecule has 0 radical (unpaired) electrons. The van der Waals surface area contributed by atoms with Crippen molar-refractivity contribution in [2.75, 3.05) is 31.6 Å². The summed E-state index contributed by atoms with van der Waals surface area (Å²) in [4.78, 5) is 11.9.